The maximum Gasteiger partial charge on any atom is 0.223 e. The molecule has 0 aliphatic carbocycles. The summed E-state index contributed by atoms with van der Waals surface area (Å²) >= 11 is 0. The van der Waals surface area contributed by atoms with E-state index in [-0.39, 0.29) is 0 Å². The Morgan fingerprint density at radius 2 is 1.72 bits per heavy atom. The van der Waals surface area contributed by atoms with Crippen molar-refractivity contribution in [2.24, 2.45) is 5.92 Å². The Morgan fingerprint density at radius 3 is 2.36 bits per heavy atom. The minimum absolute atomic E-state index is 0.341. The van der Waals surface area contributed by atoms with Crippen LogP contribution in [0.5, 0.6) is 0 Å². The van der Waals surface area contributed by atoms with E-state index in [1.165, 1.54) is 5.69 Å². The lowest BCUT2D eigenvalue weighted by atomic mass is 9.96. The molecule has 5 nitrogen and oxygen atoms in total. The lowest BCUT2D eigenvalue weighted by Gasteiger charge is -2.37. The third-order valence-electron chi connectivity index (χ3n) is 5.60. The van der Waals surface area contributed by atoms with E-state index in [1.807, 2.05) is 7.05 Å². The van der Waals surface area contributed by atoms with Gasteiger partial charge in [0.05, 0.1) is 0 Å². The zero-order chi connectivity index (χ0) is 17.5. The van der Waals surface area contributed by atoms with Gasteiger partial charge in [0.1, 0.15) is 0 Å². The van der Waals surface area contributed by atoms with Gasteiger partial charge in [-0.1, -0.05) is 18.2 Å². The van der Waals surface area contributed by atoms with Gasteiger partial charge in [0.2, 0.25) is 5.91 Å². The number of rotatable bonds is 6. The molecule has 3 rings (SSSR count). The Labute approximate surface area is 152 Å². The summed E-state index contributed by atoms with van der Waals surface area (Å²) in [5.41, 5.74) is 1.31. The highest BCUT2D eigenvalue weighted by Gasteiger charge is 2.23. The van der Waals surface area contributed by atoms with E-state index in [2.05, 4.69) is 50.3 Å². The Kier molecular flexibility index (Phi) is 6.70. The fourth-order valence-corrected chi connectivity index (χ4v) is 3.96. The quantitative estimate of drug-likeness (QED) is 0.852. The van der Waals surface area contributed by atoms with Gasteiger partial charge in [-0.3, -0.25) is 9.69 Å². The first-order chi connectivity index (χ1) is 12.3. The third kappa shape index (κ3) is 5.19. The predicted octanol–water partition coefficient (Wildman–Crippen LogP) is 1.66. The number of anilines is 1. The molecule has 0 bridgehead atoms. The van der Waals surface area contributed by atoms with Gasteiger partial charge in [-0.2, -0.15) is 0 Å². The lowest BCUT2D eigenvalue weighted by Crippen LogP contribution is -2.48. The third-order valence-corrected chi connectivity index (χ3v) is 5.60. The average Bonchev–Trinajstić information content (AvgIpc) is 2.68. The van der Waals surface area contributed by atoms with Crippen LogP contribution in [0.3, 0.4) is 0 Å². The molecule has 0 aromatic heterocycles. The number of carbonyl (C=O) groups is 1. The van der Waals surface area contributed by atoms with Crippen LogP contribution in [0.15, 0.2) is 30.3 Å². The largest absolute Gasteiger partial charge is 0.369 e. The van der Waals surface area contributed by atoms with Crippen LogP contribution in [-0.4, -0.2) is 75.1 Å². The number of piperazine rings is 1. The first kappa shape index (κ1) is 18.2. The van der Waals surface area contributed by atoms with Gasteiger partial charge in [-0.05, 0) is 44.5 Å². The number of hydrogen-bond acceptors (Lipinski definition) is 4. The summed E-state index contributed by atoms with van der Waals surface area (Å²) in [6.45, 7) is 8.05. The molecule has 5 heteroatoms. The van der Waals surface area contributed by atoms with Gasteiger partial charge in [0, 0.05) is 57.9 Å². The molecular formula is C20H32N4O. The second-order valence-corrected chi connectivity index (χ2v) is 7.30. The molecule has 2 heterocycles. The van der Waals surface area contributed by atoms with E-state index in [1.54, 1.807) is 0 Å². The van der Waals surface area contributed by atoms with E-state index < -0.39 is 0 Å². The minimum Gasteiger partial charge on any atom is -0.369 e. The first-order valence-electron chi connectivity index (χ1n) is 9.71. The second-order valence-electron chi connectivity index (χ2n) is 7.30. The number of benzene rings is 1. The van der Waals surface area contributed by atoms with Crippen LogP contribution in [0.25, 0.3) is 0 Å². The summed E-state index contributed by atoms with van der Waals surface area (Å²) in [6.07, 6.45) is 2.95. The van der Waals surface area contributed by atoms with Crippen molar-refractivity contribution in [3.63, 3.8) is 0 Å². The summed E-state index contributed by atoms with van der Waals surface area (Å²) in [6, 6.07) is 10.6. The number of piperidine rings is 1. The van der Waals surface area contributed by atoms with Gasteiger partial charge in [-0.15, -0.1) is 0 Å². The second kappa shape index (κ2) is 9.20. The van der Waals surface area contributed by atoms with E-state index in [4.69, 9.17) is 0 Å². The number of nitrogens with one attached hydrogen (secondary N) is 1. The first-order valence-corrected chi connectivity index (χ1v) is 9.71. The van der Waals surface area contributed by atoms with Crippen molar-refractivity contribution < 1.29 is 4.79 Å². The zero-order valence-electron chi connectivity index (χ0n) is 15.5. The Balaban J connectivity index is 1.35. The molecule has 1 aromatic rings. The van der Waals surface area contributed by atoms with Crippen LogP contribution >= 0.6 is 0 Å². The molecule has 0 saturated carbocycles. The molecule has 1 N–H and O–H groups in total. The van der Waals surface area contributed by atoms with Crippen LogP contribution in [0.1, 0.15) is 19.3 Å². The van der Waals surface area contributed by atoms with Gasteiger partial charge < -0.3 is 15.1 Å². The maximum atomic E-state index is 12.5. The molecule has 2 saturated heterocycles. The van der Waals surface area contributed by atoms with Crippen LogP contribution < -0.4 is 10.2 Å². The smallest absolute Gasteiger partial charge is 0.223 e. The summed E-state index contributed by atoms with van der Waals surface area (Å²) in [5.74, 6) is 1.08. The van der Waals surface area contributed by atoms with Crippen molar-refractivity contribution >= 4 is 11.6 Å². The number of likely N-dealkylation sites (tertiary alicyclic amines) is 1. The molecule has 25 heavy (non-hydrogen) atoms. The number of para-hydroxylation sites is 1. The normalized spacial score (nSPS) is 20.0. The molecule has 2 aliphatic heterocycles. The SMILES string of the molecule is CNCC1CCN(C(=O)CCN2CCN(c3ccccc3)CC2)CC1. The van der Waals surface area contributed by atoms with Crippen molar-refractivity contribution in [3.8, 4) is 0 Å². The van der Waals surface area contributed by atoms with E-state index in [0.717, 1.165) is 71.1 Å². The van der Waals surface area contributed by atoms with Crippen molar-refractivity contribution in [2.45, 2.75) is 19.3 Å². The van der Waals surface area contributed by atoms with E-state index >= 15 is 0 Å². The molecule has 2 fully saturated rings. The van der Waals surface area contributed by atoms with Crippen molar-refractivity contribution in [3.05, 3.63) is 30.3 Å². The number of carbonyl (C=O) groups excluding carboxylic acids is 1. The monoisotopic (exact) mass is 344 g/mol. The van der Waals surface area contributed by atoms with E-state index in [9.17, 15) is 4.79 Å². The molecule has 1 amide bonds. The number of nitrogens with zero attached hydrogens (tertiary/aromatic N) is 3. The molecule has 1 aromatic carbocycles. The predicted molar refractivity (Wildman–Crippen MR) is 103 cm³/mol. The van der Waals surface area contributed by atoms with Crippen LogP contribution in [0.2, 0.25) is 0 Å². The Bertz CT molecular complexity index is 520. The maximum absolute atomic E-state index is 12.5. The number of hydrogen-bond donors (Lipinski definition) is 1. The molecule has 0 spiro atoms. The summed E-state index contributed by atoms with van der Waals surface area (Å²) < 4.78 is 0. The molecule has 0 unspecified atom stereocenters. The minimum atomic E-state index is 0.341. The van der Waals surface area contributed by atoms with Crippen molar-refractivity contribution in [1.29, 1.82) is 0 Å². The van der Waals surface area contributed by atoms with Gasteiger partial charge in [0.25, 0.3) is 0 Å². The molecule has 2 aliphatic rings. The molecular weight excluding hydrogens is 312 g/mol. The summed E-state index contributed by atoms with van der Waals surface area (Å²) in [5, 5.41) is 3.25. The fourth-order valence-electron chi connectivity index (χ4n) is 3.96. The highest BCUT2D eigenvalue weighted by atomic mass is 16.2. The van der Waals surface area contributed by atoms with Crippen LogP contribution in [-0.2, 0) is 4.79 Å². The Morgan fingerprint density at radius 1 is 1.04 bits per heavy atom. The van der Waals surface area contributed by atoms with Gasteiger partial charge >= 0.3 is 0 Å². The molecule has 0 radical (unpaired) electrons. The Hall–Kier alpha value is -1.59. The average molecular weight is 345 g/mol. The van der Waals surface area contributed by atoms with Crippen LogP contribution in [0.4, 0.5) is 5.69 Å². The topological polar surface area (TPSA) is 38.8 Å². The van der Waals surface area contributed by atoms with Crippen molar-refractivity contribution in [1.82, 2.24) is 15.1 Å². The molecule has 0 atom stereocenters. The van der Waals surface area contributed by atoms with Gasteiger partial charge in [-0.25, -0.2) is 0 Å². The standard InChI is InChI=1S/C20H32N4O/c1-21-17-18-7-11-24(12-8-18)20(25)9-10-22-13-15-23(16-14-22)19-5-3-2-4-6-19/h2-6,18,21H,7-17H2,1H3. The summed E-state index contributed by atoms with van der Waals surface area (Å²) in [4.78, 5) is 19.4. The number of amides is 1. The van der Waals surface area contributed by atoms with E-state index in [0.29, 0.717) is 12.3 Å². The lowest BCUT2D eigenvalue weighted by molar-refractivity contribution is -0.132. The highest BCUT2D eigenvalue weighted by Crippen LogP contribution is 2.18. The highest BCUT2D eigenvalue weighted by molar-refractivity contribution is 5.76. The van der Waals surface area contributed by atoms with Gasteiger partial charge in [0.15, 0.2) is 0 Å². The fraction of sp³-hybridized carbons (Fsp3) is 0.650. The van der Waals surface area contributed by atoms with Crippen LogP contribution in [0, 0.1) is 5.92 Å². The molecule has 138 valence electrons. The summed E-state index contributed by atoms with van der Waals surface area (Å²) in [7, 11) is 2.01. The zero-order valence-corrected chi connectivity index (χ0v) is 15.5. The van der Waals surface area contributed by atoms with Crippen molar-refractivity contribution in [2.75, 3.05) is 64.3 Å².